The maximum absolute atomic E-state index is 11.1. The molecule has 0 radical (unpaired) electrons. The van der Waals surface area contributed by atoms with Crippen LogP contribution in [0.2, 0.25) is 0 Å². The molecule has 2 heterocycles. The SMILES string of the molecule is COC1(C(O)C2CCOC3(CCOC3)C2)CCCC(C)C1. The van der Waals surface area contributed by atoms with E-state index in [1.54, 1.807) is 7.11 Å². The lowest BCUT2D eigenvalue weighted by Gasteiger charge is -2.48. The van der Waals surface area contributed by atoms with E-state index < -0.39 is 0 Å². The summed E-state index contributed by atoms with van der Waals surface area (Å²) in [5, 5.41) is 11.1. The van der Waals surface area contributed by atoms with Gasteiger partial charge in [-0.25, -0.2) is 0 Å². The zero-order valence-corrected chi connectivity index (χ0v) is 13.5. The largest absolute Gasteiger partial charge is 0.390 e. The highest BCUT2D eigenvalue weighted by Crippen LogP contribution is 2.44. The highest BCUT2D eigenvalue weighted by molar-refractivity contribution is 5.00. The van der Waals surface area contributed by atoms with E-state index in [0.29, 0.717) is 12.5 Å². The van der Waals surface area contributed by atoms with E-state index in [2.05, 4.69) is 6.92 Å². The number of hydrogen-bond donors (Lipinski definition) is 1. The first-order chi connectivity index (χ1) is 10.1. The average Bonchev–Trinajstić information content (AvgIpc) is 2.94. The Hall–Kier alpha value is -0.160. The molecular formula is C17H30O4. The summed E-state index contributed by atoms with van der Waals surface area (Å²) < 4.78 is 17.4. The molecule has 21 heavy (non-hydrogen) atoms. The van der Waals surface area contributed by atoms with Gasteiger partial charge in [-0.1, -0.05) is 19.8 Å². The minimum atomic E-state index is -0.383. The van der Waals surface area contributed by atoms with Crippen molar-refractivity contribution < 1.29 is 19.3 Å². The van der Waals surface area contributed by atoms with Crippen molar-refractivity contribution in [2.45, 2.75) is 69.2 Å². The Morgan fingerprint density at radius 1 is 1.19 bits per heavy atom. The topological polar surface area (TPSA) is 47.9 Å². The summed E-state index contributed by atoms with van der Waals surface area (Å²) >= 11 is 0. The molecule has 1 N–H and O–H groups in total. The summed E-state index contributed by atoms with van der Waals surface area (Å²) in [5.74, 6) is 0.905. The minimum absolute atomic E-state index is 0.140. The predicted octanol–water partition coefficient (Wildman–Crippen LogP) is 2.53. The van der Waals surface area contributed by atoms with Crippen molar-refractivity contribution in [1.82, 2.24) is 0 Å². The van der Waals surface area contributed by atoms with Crippen molar-refractivity contribution in [3.63, 3.8) is 0 Å². The third-order valence-corrected chi connectivity index (χ3v) is 5.98. The Balaban J connectivity index is 1.72. The number of rotatable bonds is 3. The van der Waals surface area contributed by atoms with E-state index in [1.165, 1.54) is 6.42 Å². The standard InChI is InChI=1S/C17H30O4/c1-13-4-3-6-17(10-13,19-2)15(18)14-5-8-21-16(11-14)7-9-20-12-16/h13-15,18H,3-12H2,1-2H3. The minimum Gasteiger partial charge on any atom is -0.390 e. The van der Waals surface area contributed by atoms with Crippen molar-refractivity contribution in [2.75, 3.05) is 26.9 Å². The number of hydrogen-bond acceptors (Lipinski definition) is 4. The molecule has 2 saturated heterocycles. The van der Waals surface area contributed by atoms with Crippen molar-refractivity contribution in [3.8, 4) is 0 Å². The normalized spacial score (nSPS) is 45.9. The molecule has 3 rings (SSSR count). The molecule has 5 atom stereocenters. The van der Waals surface area contributed by atoms with Crippen LogP contribution in [0.4, 0.5) is 0 Å². The molecule has 0 bridgehead atoms. The van der Waals surface area contributed by atoms with Crippen molar-refractivity contribution in [1.29, 1.82) is 0 Å². The summed E-state index contributed by atoms with van der Waals surface area (Å²) in [4.78, 5) is 0. The van der Waals surface area contributed by atoms with Gasteiger partial charge in [0.15, 0.2) is 0 Å². The molecule has 3 aliphatic rings. The molecule has 0 amide bonds. The van der Waals surface area contributed by atoms with E-state index in [0.717, 1.165) is 51.7 Å². The first-order valence-corrected chi connectivity index (χ1v) is 8.54. The lowest BCUT2D eigenvalue weighted by atomic mass is 9.69. The van der Waals surface area contributed by atoms with Crippen LogP contribution in [0.1, 0.15) is 51.9 Å². The van der Waals surface area contributed by atoms with E-state index in [1.807, 2.05) is 0 Å². The van der Waals surface area contributed by atoms with Crippen LogP contribution in [0, 0.1) is 11.8 Å². The molecule has 1 spiro atoms. The molecule has 122 valence electrons. The van der Waals surface area contributed by atoms with Gasteiger partial charge in [-0.05, 0) is 37.5 Å². The second kappa shape index (κ2) is 6.15. The van der Waals surface area contributed by atoms with Gasteiger partial charge in [-0.15, -0.1) is 0 Å². The van der Waals surface area contributed by atoms with Crippen LogP contribution < -0.4 is 0 Å². The first-order valence-electron chi connectivity index (χ1n) is 8.54. The van der Waals surface area contributed by atoms with Crippen LogP contribution in [0.3, 0.4) is 0 Å². The quantitative estimate of drug-likeness (QED) is 0.870. The van der Waals surface area contributed by atoms with E-state index in [9.17, 15) is 5.11 Å². The molecule has 3 fully saturated rings. The molecule has 1 saturated carbocycles. The summed E-state index contributed by atoms with van der Waals surface area (Å²) in [6, 6.07) is 0. The first kappa shape index (κ1) is 15.7. The van der Waals surface area contributed by atoms with Crippen molar-refractivity contribution in [2.24, 2.45) is 11.8 Å². The van der Waals surface area contributed by atoms with E-state index in [4.69, 9.17) is 14.2 Å². The predicted molar refractivity (Wildman–Crippen MR) is 80.2 cm³/mol. The fraction of sp³-hybridized carbons (Fsp3) is 1.00. The molecular weight excluding hydrogens is 268 g/mol. The van der Waals surface area contributed by atoms with E-state index >= 15 is 0 Å². The average molecular weight is 298 g/mol. The number of ether oxygens (including phenoxy) is 3. The Kier molecular flexibility index (Phi) is 4.60. The molecule has 2 aliphatic heterocycles. The number of aliphatic hydroxyl groups excluding tert-OH is 1. The zero-order valence-electron chi connectivity index (χ0n) is 13.5. The monoisotopic (exact) mass is 298 g/mol. The van der Waals surface area contributed by atoms with Gasteiger partial charge in [0, 0.05) is 26.7 Å². The fourth-order valence-electron chi connectivity index (χ4n) is 4.75. The van der Waals surface area contributed by atoms with Crippen LogP contribution >= 0.6 is 0 Å². The highest BCUT2D eigenvalue weighted by Gasteiger charge is 2.49. The fourth-order valence-corrected chi connectivity index (χ4v) is 4.75. The molecule has 4 heteroatoms. The smallest absolute Gasteiger partial charge is 0.0941 e. The third kappa shape index (κ3) is 3.00. The molecule has 0 aromatic heterocycles. The van der Waals surface area contributed by atoms with Crippen molar-refractivity contribution in [3.05, 3.63) is 0 Å². The van der Waals surface area contributed by atoms with Crippen LogP contribution in [0.5, 0.6) is 0 Å². The van der Waals surface area contributed by atoms with Gasteiger partial charge in [0.2, 0.25) is 0 Å². The van der Waals surface area contributed by atoms with Gasteiger partial charge in [0.1, 0.15) is 0 Å². The maximum atomic E-state index is 11.1. The summed E-state index contributed by atoms with van der Waals surface area (Å²) in [7, 11) is 1.77. The second-order valence-corrected chi connectivity index (χ2v) is 7.50. The maximum Gasteiger partial charge on any atom is 0.0941 e. The lowest BCUT2D eigenvalue weighted by molar-refractivity contribution is -0.181. The van der Waals surface area contributed by atoms with Gasteiger partial charge in [-0.3, -0.25) is 0 Å². The molecule has 4 nitrogen and oxygen atoms in total. The van der Waals surface area contributed by atoms with Gasteiger partial charge in [0.25, 0.3) is 0 Å². The third-order valence-electron chi connectivity index (χ3n) is 5.98. The Bertz CT molecular complexity index is 353. The summed E-state index contributed by atoms with van der Waals surface area (Å²) in [6.07, 6.45) is 6.79. The van der Waals surface area contributed by atoms with Gasteiger partial charge < -0.3 is 19.3 Å². The Morgan fingerprint density at radius 2 is 2.05 bits per heavy atom. The number of aliphatic hydroxyl groups is 1. The zero-order chi connectivity index (χ0) is 14.9. The summed E-state index contributed by atoms with van der Waals surface area (Å²) in [6.45, 7) is 4.48. The van der Waals surface area contributed by atoms with Crippen LogP contribution in [0.15, 0.2) is 0 Å². The summed E-state index contributed by atoms with van der Waals surface area (Å²) in [5.41, 5.74) is -0.487. The van der Waals surface area contributed by atoms with Crippen molar-refractivity contribution >= 4 is 0 Å². The van der Waals surface area contributed by atoms with Gasteiger partial charge in [-0.2, -0.15) is 0 Å². The highest BCUT2D eigenvalue weighted by atomic mass is 16.6. The molecule has 0 aromatic rings. The molecule has 1 aliphatic carbocycles. The van der Waals surface area contributed by atoms with E-state index in [-0.39, 0.29) is 23.2 Å². The van der Waals surface area contributed by atoms with Gasteiger partial charge in [0.05, 0.1) is 23.9 Å². The Morgan fingerprint density at radius 3 is 2.71 bits per heavy atom. The molecule has 5 unspecified atom stereocenters. The van der Waals surface area contributed by atoms with Crippen LogP contribution in [0.25, 0.3) is 0 Å². The van der Waals surface area contributed by atoms with Crippen LogP contribution in [-0.2, 0) is 14.2 Å². The Labute approximate surface area is 128 Å². The van der Waals surface area contributed by atoms with Gasteiger partial charge >= 0.3 is 0 Å². The molecule has 0 aromatic carbocycles. The number of methoxy groups -OCH3 is 1. The second-order valence-electron chi connectivity index (χ2n) is 7.50. The van der Waals surface area contributed by atoms with Crippen LogP contribution in [-0.4, -0.2) is 49.3 Å². The lowest BCUT2D eigenvalue weighted by Crippen LogP contribution is -2.54.